The monoisotopic (exact) mass is 595 g/mol. The second kappa shape index (κ2) is 12.7. The van der Waals surface area contributed by atoms with Crippen molar-refractivity contribution >= 4 is 50.2 Å². The van der Waals surface area contributed by atoms with Crippen molar-refractivity contribution < 1.29 is 21.6 Å². The van der Waals surface area contributed by atoms with Gasteiger partial charge in [-0.3, -0.25) is 0 Å². The first-order valence-electron chi connectivity index (χ1n) is 11.4. The summed E-state index contributed by atoms with van der Waals surface area (Å²) >= 11 is 7.11. The summed E-state index contributed by atoms with van der Waals surface area (Å²) in [6.07, 6.45) is 4.35. The zero-order valence-corrected chi connectivity index (χ0v) is 23.3. The van der Waals surface area contributed by atoms with Crippen LogP contribution in [0.3, 0.4) is 0 Å². The van der Waals surface area contributed by atoms with Crippen molar-refractivity contribution in [1.29, 1.82) is 0 Å². The summed E-state index contributed by atoms with van der Waals surface area (Å²) in [7, 11) is -4.48. The summed E-state index contributed by atoms with van der Waals surface area (Å²) in [5, 5.41) is 6.43. The Bertz CT molecular complexity index is 1460. The number of aliphatic imine (C=N–C) groups is 1. The Labute approximate surface area is 234 Å². The van der Waals surface area contributed by atoms with Gasteiger partial charge in [0.25, 0.3) is 16.0 Å². The number of sulfonamides is 1. The summed E-state index contributed by atoms with van der Waals surface area (Å²) in [6.45, 7) is 6.16. The van der Waals surface area contributed by atoms with Crippen molar-refractivity contribution in [3.05, 3.63) is 101 Å². The molecule has 0 aromatic heterocycles. The molecule has 1 aliphatic rings. The maximum absolute atomic E-state index is 13.1. The first-order chi connectivity index (χ1) is 18.4. The smallest absolute Gasteiger partial charge is 0.378 e. The predicted molar refractivity (Wildman–Crippen MR) is 152 cm³/mol. The average molecular weight is 596 g/mol. The van der Waals surface area contributed by atoms with Gasteiger partial charge in [0, 0.05) is 10.9 Å². The molecule has 7 nitrogen and oxygen atoms in total. The van der Waals surface area contributed by atoms with E-state index in [2.05, 4.69) is 21.1 Å². The highest BCUT2D eigenvalue weighted by atomic mass is 35.5. The number of benzene rings is 2. The van der Waals surface area contributed by atoms with E-state index in [4.69, 9.17) is 17.3 Å². The molecule has 0 saturated carbocycles. The van der Waals surface area contributed by atoms with E-state index in [1.165, 1.54) is 5.01 Å². The number of thioether (sulfide) groups is 1. The number of guanidine groups is 1. The maximum Gasteiger partial charge on any atom is 0.416 e. The van der Waals surface area contributed by atoms with Crippen LogP contribution in [0, 0.1) is 5.92 Å². The van der Waals surface area contributed by atoms with Crippen LogP contribution in [-0.4, -0.2) is 43.1 Å². The lowest BCUT2D eigenvalue weighted by Crippen LogP contribution is -2.28. The van der Waals surface area contributed by atoms with Crippen LogP contribution < -0.4 is 5.73 Å². The maximum atomic E-state index is 13.1. The highest BCUT2D eigenvalue weighted by Gasteiger charge is 2.33. The van der Waals surface area contributed by atoms with Gasteiger partial charge in [-0.05, 0) is 60.7 Å². The molecule has 0 radical (unpaired) electrons. The molecule has 0 amide bonds. The SMILES string of the molecule is C=C(/C=C\C=C/C)[C@H]1CN(C(/N=C(\N)SC)=N/S(=O)(=O)c2ccc(C(F)(F)F)cc2)N=C1c1ccc(Cl)cc1. The normalized spacial score (nSPS) is 17.3. The molecule has 3 rings (SSSR count). The van der Waals surface area contributed by atoms with Gasteiger partial charge in [-0.15, -0.1) is 4.40 Å². The number of nitrogens with two attached hydrogens (primary N) is 1. The summed E-state index contributed by atoms with van der Waals surface area (Å²) in [6, 6.07) is 9.97. The molecular formula is C26H25ClF3N5O2S2. The Balaban J connectivity index is 2.09. The van der Waals surface area contributed by atoms with Crippen molar-refractivity contribution in [2.24, 2.45) is 26.1 Å². The second-order valence-electron chi connectivity index (χ2n) is 8.13. The number of alkyl halides is 3. The standard InChI is InChI=1S/C26H25ClF3N5O2S2/c1-4-5-6-7-17(2)22-16-35(33-23(22)18-8-12-20(27)13-9-18)25(32-24(31)38-3)34-39(36,37)21-14-10-19(11-15-21)26(28,29)30/h4-15,22H,2,16H2,1,3H3,(H2,31,32,34)/b5-4-,7-6-/t22-/m1/s1. The van der Waals surface area contributed by atoms with Gasteiger partial charge in [0.15, 0.2) is 5.17 Å². The van der Waals surface area contributed by atoms with Gasteiger partial charge >= 0.3 is 6.18 Å². The van der Waals surface area contributed by atoms with E-state index >= 15 is 0 Å². The quantitative estimate of drug-likeness (QED) is 0.247. The van der Waals surface area contributed by atoms with Gasteiger partial charge in [-0.2, -0.15) is 31.7 Å². The lowest BCUT2D eigenvalue weighted by atomic mass is 9.91. The Morgan fingerprint density at radius 2 is 1.82 bits per heavy atom. The first-order valence-corrected chi connectivity index (χ1v) is 14.4. The number of amidine groups is 1. The van der Waals surface area contributed by atoms with Crippen LogP contribution in [0.2, 0.25) is 5.02 Å². The molecule has 206 valence electrons. The molecule has 39 heavy (non-hydrogen) atoms. The topological polar surface area (TPSA) is 100 Å². The Morgan fingerprint density at radius 3 is 2.38 bits per heavy atom. The molecule has 0 saturated heterocycles. The van der Waals surface area contributed by atoms with Crippen LogP contribution in [0.4, 0.5) is 13.2 Å². The van der Waals surface area contributed by atoms with Gasteiger partial charge in [0.05, 0.1) is 22.7 Å². The minimum Gasteiger partial charge on any atom is -0.378 e. The largest absolute Gasteiger partial charge is 0.416 e. The van der Waals surface area contributed by atoms with Gasteiger partial charge < -0.3 is 5.73 Å². The molecule has 0 aliphatic carbocycles. The highest BCUT2D eigenvalue weighted by Crippen LogP contribution is 2.31. The van der Waals surface area contributed by atoms with Gasteiger partial charge in [-0.25, -0.2) is 5.01 Å². The van der Waals surface area contributed by atoms with Crippen LogP contribution in [0.15, 0.2) is 104 Å². The molecule has 0 spiro atoms. The molecule has 1 aliphatic heterocycles. The van der Waals surface area contributed by atoms with Gasteiger partial charge in [0.1, 0.15) is 0 Å². The number of rotatable bonds is 6. The van der Waals surface area contributed by atoms with Crippen molar-refractivity contribution in [1.82, 2.24) is 5.01 Å². The fraction of sp³-hybridized carbons (Fsp3) is 0.192. The van der Waals surface area contributed by atoms with Crippen LogP contribution in [0.5, 0.6) is 0 Å². The average Bonchev–Trinajstić information content (AvgIpc) is 3.34. The molecular weight excluding hydrogens is 571 g/mol. The third-order valence-electron chi connectivity index (χ3n) is 5.45. The molecule has 1 heterocycles. The van der Waals surface area contributed by atoms with E-state index in [1.54, 1.807) is 30.5 Å². The van der Waals surface area contributed by atoms with E-state index in [-0.39, 0.29) is 23.6 Å². The minimum absolute atomic E-state index is 0.00914. The summed E-state index contributed by atoms with van der Waals surface area (Å²) in [5.74, 6) is -0.724. The van der Waals surface area contributed by atoms with Crippen molar-refractivity contribution in [3.63, 3.8) is 0 Å². The van der Waals surface area contributed by atoms with Crippen LogP contribution in [-0.2, 0) is 16.2 Å². The second-order valence-corrected chi connectivity index (χ2v) is 11.0. The number of hydrazone groups is 1. The van der Waals surface area contributed by atoms with E-state index in [9.17, 15) is 21.6 Å². The zero-order chi connectivity index (χ0) is 28.8. The molecule has 0 bridgehead atoms. The number of halogens is 4. The van der Waals surface area contributed by atoms with Crippen molar-refractivity contribution in [2.45, 2.75) is 18.0 Å². The zero-order valence-electron chi connectivity index (χ0n) is 20.9. The van der Waals surface area contributed by atoms with Crippen LogP contribution in [0.1, 0.15) is 18.1 Å². The van der Waals surface area contributed by atoms with E-state index < -0.39 is 26.7 Å². The molecule has 13 heteroatoms. The number of nitrogens with zero attached hydrogens (tertiary/aromatic N) is 4. The van der Waals surface area contributed by atoms with Crippen molar-refractivity contribution in [2.75, 3.05) is 12.8 Å². The fourth-order valence-electron chi connectivity index (χ4n) is 3.45. The molecule has 0 fully saturated rings. The number of allylic oxidation sites excluding steroid dienone is 4. The number of hydrogen-bond acceptors (Lipinski definition) is 4. The van der Waals surface area contributed by atoms with Crippen LogP contribution in [0.25, 0.3) is 0 Å². The Morgan fingerprint density at radius 1 is 1.18 bits per heavy atom. The first kappa shape index (κ1) is 30.2. The summed E-state index contributed by atoms with van der Waals surface area (Å²) in [4.78, 5) is 3.70. The van der Waals surface area contributed by atoms with E-state index in [1.807, 2.05) is 31.2 Å². The van der Waals surface area contributed by atoms with Gasteiger partial charge in [0.2, 0.25) is 0 Å². The number of hydrogen-bond donors (Lipinski definition) is 1. The third-order valence-corrected chi connectivity index (χ3v) is 7.48. The lowest BCUT2D eigenvalue weighted by Gasteiger charge is -2.16. The Kier molecular flexibility index (Phi) is 9.81. The Hall–Kier alpha value is -3.35. The van der Waals surface area contributed by atoms with Crippen molar-refractivity contribution in [3.8, 4) is 0 Å². The predicted octanol–water partition coefficient (Wildman–Crippen LogP) is 6.11. The third kappa shape index (κ3) is 7.84. The fourth-order valence-corrected chi connectivity index (χ4v) is 4.69. The van der Waals surface area contributed by atoms with Crippen LogP contribution >= 0.6 is 23.4 Å². The van der Waals surface area contributed by atoms with E-state index in [0.717, 1.165) is 29.5 Å². The van der Waals surface area contributed by atoms with Gasteiger partial charge in [-0.1, -0.05) is 66.4 Å². The molecule has 1 atom stereocenters. The molecule has 2 aromatic rings. The van der Waals surface area contributed by atoms with E-state index in [0.29, 0.717) is 28.4 Å². The molecule has 2 aromatic carbocycles. The lowest BCUT2D eigenvalue weighted by molar-refractivity contribution is -0.137. The summed E-state index contributed by atoms with van der Waals surface area (Å²) in [5.41, 5.74) is 6.89. The minimum atomic E-state index is -4.62. The highest BCUT2D eigenvalue weighted by molar-refractivity contribution is 8.13. The molecule has 2 N–H and O–H groups in total. The molecule has 0 unspecified atom stereocenters. The summed E-state index contributed by atoms with van der Waals surface area (Å²) < 4.78 is 68.9.